The number of hydrogen-bond acceptors (Lipinski definition) is 4. The lowest BCUT2D eigenvalue weighted by molar-refractivity contribution is -0.117. The van der Waals surface area contributed by atoms with Gasteiger partial charge in [0.2, 0.25) is 10.0 Å². The third kappa shape index (κ3) is 3.35. The molecule has 8 heteroatoms. The Morgan fingerprint density at radius 3 is 2.57 bits per heavy atom. The fraction of sp³-hybridized carbons (Fsp3) is 0.100. The Balaban J connectivity index is 1.52. The second kappa shape index (κ2) is 7.06. The second-order valence-electron chi connectivity index (χ2n) is 6.41. The lowest BCUT2D eigenvalue weighted by Gasteiger charge is -2.17. The van der Waals surface area contributed by atoms with E-state index in [4.69, 9.17) is 0 Å². The van der Waals surface area contributed by atoms with Gasteiger partial charge in [0.15, 0.2) is 0 Å². The molecule has 0 unspecified atom stereocenters. The number of nitrogens with zero attached hydrogens (tertiary/aromatic N) is 3. The molecule has 0 aliphatic heterocycles. The molecule has 7 nitrogen and oxygen atoms in total. The van der Waals surface area contributed by atoms with E-state index in [0.717, 1.165) is 26.1 Å². The maximum atomic E-state index is 12.9. The Labute approximate surface area is 162 Å². The molecular weight excluding hydrogens is 376 g/mol. The Bertz CT molecular complexity index is 1280. The minimum atomic E-state index is -3.80. The molecule has 0 aliphatic carbocycles. The number of likely N-dealkylation sites (N-methyl/N-ethyl adjacent to an activating group) is 1. The van der Waals surface area contributed by atoms with E-state index in [1.165, 1.54) is 18.1 Å². The molecule has 0 saturated heterocycles. The Kier molecular flexibility index (Phi) is 4.58. The van der Waals surface area contributed by atoms with Crippen LogP contribution < -0.4 is 5.43 Å². The van der Waals surface area contributed by atoms with Crippen molar-refractivity contribution in [3.8, 4) is 0 Å². The summed E-state index contributed by atoms with van der Waals surface area (Å²) in [6.07, 6.45) is 1.49. The first-order chi connectivity index (χ1) is 13.4. The average Bonchev–Trinajstić information content (AvgIpc) is 3.10. The van der Waals surface area contributed by atoms with Gasteiger partial charge in [-0.25, -0.2) is 18.1 Å². The third-order valence-corrected chi connectivity index (χ3v) is 6.29. The van der Waals surface area contributed by atoms with E-state index >= 15 is 0 Å². The summed E-state index contributed by atoms with van der Waals surface area (Å²) in [4.78, 5) is 16.7. The fourth-order valence-electron chi connectivity index (χ4n) is 3.01. The number of hydrogen-bond donors (Lipinski definition) is 1. The predicted molar refractivity (Wildman–Crippen MR) is 108 cm³/mol. The number of carbonyl (C=O) groups is 1. The summed E-state index contributed by atoms with van der Waals surface area (Å²) in [5, 5.41) is 1.78. The largest absolute Gasteiger partial charge is 0.272 e. The fourth-order valence-corrected chi connectivity index (χ4v) is 4.18. The van der Waals surface area contributed by atoms with Gasteiger partial charge in [-0.05, 0) is 35.0 Å². The highest BCUT2D eigenvalue weighted by atomic mass is 32.2. The van der Waals surface area contributed by atoms with Crippen molar-refractivity contribution in [2.45, 2.75) is 4.90 Å². The number of rotatable bonds is 5. The third-order valence-electron chi connectivity index (χ3n) is 4.49. The number of benzene rings is 3. The van der Waals surface area contributed by atoms with E-state index in [1.807, 2.05) is 48.5 Å². The van der Waals surface area contributed by atoms with Gasteiger partial charge in [0.05, 0.1) is 22.5 Å². The zero-order chi connectivity index (χ0) is 19.7. The highest BCUT2D eigenvalue weighted by Crippen LogP contribution is 2.21. The van der Waals surface area contributed by atoms with Crippen LogP contribution in [-0.2, 0) is 14.8 Å². The van der Waals surface area contributed by atoms with E-state index in [9.17, 15) is 13.2 Å². The Morgan fingerprint density at radius 2 is 1.75 bits per heavy atom. The maximum Gasteiger partial charge on any atom is 0.254 e. The number of aromatic nitrogens is 2. The maximum absolute atomic E-state index is 12.9. The molecule has 28 heavy (non-hydrogen) atoms. The van der Waals surface area contributed by atoms with Crippen LogP contribution in [0.15, 0.2) is 78.0 Å². The Morgan fingerprint density at radius 1 is 1.04 bits per heavy atom. The molecule has 3 aromatic carbocycles. The van der Waals surface area contributed by atoms with Crippen molar-refractivity contribution in [3.63, 3.8) is 0 Å². The highest BCUT2D eigenvalue weighted by Gasteiger charge is 2.23. The molecule has 1 aromatic heterocycles. The van der Waals surface area contributed by atoms with Gasteiger partial charge >= 0.3 is 0 Å². The molecule has 4 rings (SSSR count). The van der Waals surface area contributed by atoms with Crippen molar-refractivity contribution in [1.82, 2.24) is 14.0 Å². The van der Waals surface area contributed by atoms with Gasteiger partial charge in [0.25, 0.3) is 5.91 Å². The molecule has 0 atom stereocenters. The van der Waals surface area contributed by atoms with Crippen molar-refractivity contribution >= 4 is 37.7 Å². The molecule has 0 fully saturated rings. The zero-order valence-corrected chi connectivity index (χ0v) is 15.9. The summed E-state index contributed by atoms with van der Waals surface area (Å²) in [5.74, 6) is -0.463. The van der Waals surface area contributed by atoms with Crippen molar-refractivity contribution in [2.24, 2.45) is 0 Å². The van der Waals surface area contributed by atoms with Gasteiger partial charge in [-0.3, -0.25) is 10.2 Å². The first kappa shape index (κ1) is 18.1. The van der Waals surface area contributed by atoms with Crippen molar-refractivity contribution in [2.75, 3.05) is 19.0 Å². The van der Waals surface area contributed by atoms with Crippen LogP contribution >= 0.6 is 0 Å². The van der Waals surface area contributed by atoms with Gasteiger partial charge < -0.3 is 0 Å². The molecule has 4 aromatic rings. The number of imidazole rings is 1. The summed E-state index contributed by atoms with van der Waals surface area (Å²) in [6.45, 7) is -0.318. The monoisotopic (exact) mass is 394 g/mol. The number of fused-ring (bicyclic) bond motifs is 2. The minimum absolute atomic E-state index is 0.148. The van der Waals surface area contributed by atoms with Crippen LogP contribution in [0.3, 0.4) is 0 Å². The van der Waals surface area contributed by atoms with E-state index in [2.05, 4.69) is 10.4 Å². The van der Waals surface area contributed by atoms with Crippen LogP contribution in [0.1, 0.15) is 0 Å². The standard InChI is InChI=1S/C20H18N4O3S/c1-23(13-20(25)22-24-14-21-18-8-4-5-9-19(18)24)28(26,27)17-11-10-15-6-2-3-7-16(15)12-17/h2-12,14H,13H2,1H3,(H,22,25). The lowest BCUT2D eigenvalue weighted by atomic mass is 10.1. The van der Waals surface area contributed by atoms with Crippen molar-refractivity contribution < 1.29 is 13.2 Å². The number of carbonyl (C=O) groups excluding carboxylic acids is 1. The van der Waals surface area contributed by atoms with Gasteiger partial charge in [0, 0.05) is 7.05 Å². The molecule has 1 N–H and O–H groups in total. The zero-order valence-electron chi connectivity index (χ0n) is 15.1. The number of amides is 1. The Hall–Kier alpha value is -3.23. The summed E-state index contributed by atoms with van der Waals surface area (Å²) < 4.78 is 28.2. The number of para-hydroxylation sites is 2. The second-order valence-corrected chi connectivity index (χ2v) is 8.45. The summed E-state index contributed by atoms with van der Waals surface area (Å²) in [7, 11) is -2.41. The highest BCUT2D eigenvalue weighted by molar-refractivity contribution is 7.89. The van der Waals surface area contributed by atoms with Crippen LogP contribution in [0, 0.1) is 0 Å². The smallest absolute Gasteiger partial charge is 0.254 e. The van der Waals surface area contributed by atoms with Gasteiger partial charge in [0.1, 0.15) is 6.33 Å². The van der Waals surface area contributed by atoms with Crippen LogP contribution in [0.4, 0.5) is 0 Å². The number of nitrogens with one attached hydrogen (secondary N) is 1. The molecule has 0 radical (unpaired) electrons. The summed E-state index contributed by atoms with van der Waals surface area (Å²) >= 11 is 0. The average molecular weight is 394 g/mol. The van der Waals surface area contributed by atoms with Crippen LogP contribution in [-0.4, -0.2) is 41.9 Å². The molecule has 0 spiro atoms. The van der Waals surface area contributed by atoms with Gasteiger partial charge in [-0.15, -0.1) is 0 Å². The SMILES string of the molecule is CN(CC(=O)Nn1cnc2ccccc21)S(=O)(=O)c1ccc2ccccc2c1. The van der Waals surface area contributed by atoms with Crippen molar-refractivity contribution in [1.29, 1.82) is 0 Å². The topological polar surface area (TPSA) is 84.3 Å². The quantitative estimate of drug-likeness (QED) is 0.564. The molecule has 1 amide bonds. The van der Waals surface area contributed by atoms with Gasteiger partial charge in [-0.1, -0.05) is 42.5 Å². The van der Waals surface area contributed by atoms with E-state index < -0.39 is 15.9 Å². The summed E-state index contributed by atoms with van der Waals surface area (Å²) in [5.41, 5.74) is 4.13. The molecule has 1 heterocycles. The molecule has 142 valence electrons. The van der Waals surface area contributed by atoms with E-state index in [-0.39, 0.29) is 11.4 Å². The lowest BCUT2D eigenvalue weighted by Crippen LogP contribution is -2.37. The van der Waals surface area contributed by atoms with Crippen LogP contribution in [0.25, 0.3) is 21.8 Å². The normalized spacial score (nSPS) is 11.9. The molecular formula is C20H18N4O3S. The molecule has 0 aliphatic rings. The van der Waals surface area contributed by atoms with Gasteiger partial charge in [-0.2, -0.15) is 4.31 Å². The van der Waals surface area contributed by atoms with Crippen molar-refractivity contribution in [3.05, 3.63) is 73.1 Å². The van der Waals surface area contributed by atoms with E-state index in [1.54, 1.807) is 18.2 Å². The number of sulfonamides is 1. The van der Waals surface area contributed by atoms with Crippen LogP contribution in [0.2, 0.25) is 0 Å². The first-order valence-electron chi connectivity index (χ1n) is 8.62. The minimum Gasteiger partial charge on any atom is -0.272 e. The molecule has 0 bridgehead atoms. The van der Waals surface area contributed by atoms with E-state index in [0.29, 0.717) is 0 Å². The van der Waals surface area contributed by atoms with Crippen LogP contribution in [0.5, 0.6) is 0 Å². The predicted octanol–water partition coefficient (Wildman–Crippen LogP) is 2.58. The first-order valence-corrected chi connectivity index (χ1v) is 10.1. The summed E-state index contributed by atoms with van der Waals surface area (Å²) in [6, 6.07) is 19.8. The molecule has 0 saturated carbocycles.